The zero-order valence-electron chi connectivity index (χ0n) is 31.2. The number of rotatable bonds is 11. The van der Waals surface area contributed by atoms with Gasteiger partial charge in [-0.2, -0.15) is 5.10 Å². The Morgan fingerprint density at radius 3 is 1.82 bits per heavy atom. The number of fused-ring (bicyclic) bond motifs is 6. The number of hydrogen-bond acceptors (Lipinski definition) is 5. The predicted octanol–water partition coefficient (Wildman–Crippen LogP) is 11.8. The standard InChI is InChI=1S/C48H38IN7O/c1-49-28-12-22-47(49)54(37-14-4-2-5-15-37)51-32-35-24-26-44-41(30-35)39-18-8-10-20-43(39)53(44)34-57-56-45-21-11-9-19-40(45)42-31-36(25-27-46(42)56)33-52-55(48-23-13-29-50-48)38-16-6-3-7-17-38/h2-33,50H,34H2,1H3/b51-32+,52-33+. The molecular formula is C48H38IN7O. The van der Waals surface area contributed by atoms with Crippen LogP contribution in [0, 0.1) is 0 Å². The topological polar surface area (TPSA) is 66.1 Å². The summed E-state index contributed by atoms with van der Waals surface area (Å²) in [5.74, 6) is 0.888. The summed E-state index contributed by atoms with van der Waals surface area (Å²) in [6.45, 7) is 0.322. The van der Waals surface area contributed by atoms with Gasteiger partial charge in [0.05, 0.1) is 22.9 Å². The van der Waals surface area contributed by atoms with Crippen molar-refractivity contribution < 1.29 is 4.84 Å². The van der Waals surface area contributed by atoms with Crippen LogP contribution >= 0.6 is 19.8 Å². The molecule has 278 valence electrons. The SMILES string of the molecule is CI1C=CC=C1N(/N=C/c1ccc2c(c1)c1ccccc1n2COn1c2ccccc2c2cc(/C=N/N(c3ccccc3)c3ccc[nH]3)ccc21)c1ccccc1. The fraction of sp³-hybridized carbons (Fsp3) is 0.0417. The van der Waals surface area contributed by atoms with E-state index in [9.17, 15) is 0 Å². The van der Waals surface area contributed by atoms with E-state index < -0.39 is 19.8 Å². The van der Waals surface area contributed by atoms with Crippen LogP contribution in [-0.4, -0.2) is 31.6 Å². The first kappa shape index (κ1) is 34.6. The Bertz CT molecular complexity index is 3000. The van der Waals surface area contributed by atoms with Gasteiger partial charge in [-0.3, -0.25) is 0 Å². The Labute approximate surface area is 337 Å². The number of anilines is 3. The molecule has 1 N–H and O–H groups in total. The zero-order valence-corrected chi connectivity index (χ0v) is 33.3. The maximum atomic E-state index is 6.80. The molecular weight excluding hydrogens is 817 g/mol. The van der Waals surface area contributed by atoms with E-state index in [0.717, 1.165) is 66.5 Å². The number of para-hydroxylation sites is 4. The quantitative estimate of drug-likeness (QED) is 0.0463. The van der Waals surface area contributed by atoms with Gasteiger partial charge in [0.1, 0.15) is 5.82 Å². The van der Waals surface area contributed by atoms with Gasteiger partial charge in [0.25, 0.3) is 0 Å². The van der Waals surface area contributed by atoms with Crippen LogP contribution in [0.1, 0.15) is 11.1 Å². The number of H-pyrrole nitrogens is 1. The molecule has 6 aromatic carbocycles. The van der Waals surface area contributed by atoms with Gasteiger partial charge in [-0.15, -0.1) is 0 Å². The van der Waals surface area contributed by atoms with E-state index in [4.69, 9.17) is 15.0 Å². The van der Waals surface area contributed by atoms with E-state index >= 15 is 0 Å². The molecule has 4 heterocycles. The summed E-state index contributed by atoms with van der Waals surface area (Å²) >= 11 is -1.41. The van der Waals surface area contributed by atoms with Crippen LogP contribution in [0.3, 0.4) is 0 Å². The number of halogens is 1. The summed E-state index contributed by atoms with van der Waals surface area (Å²) in [7, 11) is 0. The van der Waals surface area contributed by atoms with Gasteiger partial charge < -0.3 is 4.98 Å². The summed E-state index contributed by atoms with van der Waals surface area (Å²) in [4.78, 5) is 12.4. The monoisotopic (exact) mass is 855 g/mol. The van der Waals surface area contributed by atoms with Gasteiger partial charge in [-0.05, 0) is 48.0 Å². The Morgan fingerprint density at radius 1 is 0.596 bits per heavy atom. The first-order valence-electron chi connectivity index (χ1n) is 18.8. The Hall–Kier alpha value is -6.85. The van der Waals surface area contributed by atoms with Gasteiger partial charge in [0.15, 0.2) is 0 Å². The van der Waals surface area contributed by atoms with E-state index in [1.165, 1.54) is 9.09 Å². The van der Waals surface area contributed by atoms with Crippen molar-refractivity contribution in [2.45, 2.75) is 6.73 Å². The molecule has 1 aliphatic rings. The summed E-state index contributed by atoms with van der Waals surface area (Å²) in [5.41, 5.74) is 8.27. The number of hydrogen-bond donors (Lipinski definition) is 1. The first-order valence-corrected chi connectivity index (χ1v) is 23.2. The molecule has 57 heavy (non-hydrogen) atoms. The minimum absolute atomic E-state index is 0.322. The van der Waals surface area contributed by atoms with Gasteiger partial charge in [-0.1, -0.05) is 42.5 Å². The summed E-state index contributed by atoms with van der Waals surface area (Å²) in [6.07, 6.45) is 10.2. The van der Waals surface area contributed by atoms with Gasteiger partial charge in [0.2, 0.25) is 0 Å². The van der Waals surface area contributed by atoms with E-state index in [2.05, 4.69) is 145 Å². The molecule has 3 aromatic heterocycles. The summed E-state index contributed by atoms with van der Waals surface area (Å²) in [5, 5.41) is 18.5. The molecule has 9 aromatic rings. The number of aromatic amines is 1. The molecule has 0 fully saturated rings. The fourth-order valence-electron chi connectivity index (χ4n) is 7.52. The molecule has 0 unspecified atom stereocenters. The molecule has 8 nitrogen and oxygen atoms in total. The van der Waals surface area contributed by atoms with Crippen LogP contribution in [0.5, 0.6) is 0 Å². The van der Waals surface area contributed by atoms with E-state index in [0.29, 0.717) is 6.73 Å². The van der Waals surface area contributed by atoms with Crippen molar-refractivity contribution in [1.29, 1.82) is 0 Å². The van der Waals surface area contributed by atoms with Crippen molar-refractivity contribution in [2.75, 3.05) is 14.9 Å². The maximum absolute atomic E-state index is 6.80. The zero-order chi connectivity index (χ0) is 38.1. The summed E-state index contributed by atoms with van der Waals surface area (Å²) in [6, 6.07) is 54.4. The van der Waals surface area contributed by atoms with Crippen LogP contribution in [0.25, 0.3) is 43.6 Å². The molecule has 9 heteroatoms. The molecule has 1 aliphatic heterocycles. The van der Waals surface area contributed by atoms with E-state index in [1.807, 2.05) is 76.9 Å². The molecule has 10 rings (SSSR count). The summed E-state index contributed by atoms with van der Waals surface area (Å²) < 4.78 is 7.88. The van der Waals surface area contributed by atoms with Crippen molar-refractivity contribution >= 4 is 93.1 Å². The second-order valence-electron chi connectivity index (χ2n) is 13.7. The average Bonchev–Trinajstić information content (AvgIpc) is 4.07. The molecule has 0 bridgehead atoms. The Morgan fingerprint density at radius 2 is 1.16 bits per heavy atom. The number of alkyl halides is 1. The van der Waals surface area contributed by atoms with E-state index in [1.54, 1.807) is 0 Å². The first-order chi connectivity index (χ1) is 28.2. The van der Waals surface area contributed by atoms with Crippen LogP contribution in [0.4, 0.5) is 17.2 Å². The van der Waals surface area contributed by atoms with Crippen LogP contribution in [0.15, 0.2) is 194 Å². The van der Waals surface area contributed by atoms with Crippen LogP contribution < -0.4 is 14.9 Å². The second kappa shape index (κ2) is 15.0. The number of hydrazone groups is 2. The van der Waals surface area contributed by atoms with Crippen molar-refractivity contribution in [3.05, 3.63) is 195 Å². The Balaban J connectivity index is 0.973. The average molecular weight is 856 g/mol. The van der Waals surface area contributed by atoms with Gasteiger partial charge in [-0.25, -0.2) is 5.01 Å². The molecule has 0 saturated carbocycles. The number of nitrogens with one attached hydrogen (secondary N) is 1. The third-order valence-corrected chi connectivity index (χ3v) is 14.3. The second-order valence-corrected chi connectivity index (χ2v) is 18.5. The third kappa shape index (κ3) is 6.55. The van der Waals surface area contributed by atoms with Crippen molar-refractivity contribution in [2.24, 2.45) is 10.2 Å². The van der Waals surface area contributed by atoms with Crippen molar-refractivity contribution in [1.82, 2.24) is 14.3 Å². The molecule has 0 radical (unpaired) electrons. The molecule has 0 atom stereocenters. The number of allylic oxidation sites excluding steroid dienone is 2. The van der Waals surface area contributed by atoms with Gasteiger partial charge in [0, 0.05) is 17.0 Å². The molecule has 0 amide bonds. The van der Waals surface area contributed by atoms with Crippen molar-refractivity contribution in [3.63, 3.8) is 0 Å². The van der Waals surface area contributed by atoms with Crippen molar-refractivity contribution in [3.8, 4) is 0 Å². The molecule has 0 aliphatic carbocycles. The van der Waals surface area contributed by atoms with E-state index in [-0.39, 0.29) is 0 Å². The number of nitrogens with zero attached hydrogens (tertiary/aromatic N) is 6. The third-order valence-electron chi connectivity index (χ3n) is 10.2. The molecule has 0 saturated heterocycles. The van der Waals surface area contributed by atoms with Crippen LogP contribution in [-0.2, 0) is 6.73 Å². The molecule has 0 spiro atoms. The fourth-order valence-corrected chi connectivity index (χ4v) is 10.6. The normalized spacial score (nSPS) is 13.6. The minimum atomic E-state index is -1.41. The van der Waals surface area contributed by atoms with Gasteiger partial charge >= 0.3 is 188 Å². The van der Waals surface area contributed by atoms with Crippen LogP contribution in [0.2, 0.25) is 0 Å². The Kier molecular flexibility index (Phi) is 9.11. The number of aromatic nitrogens is 3. The predicted molar refractivity (Wildman–Crippen MR) is 246 cm³/mol. The number of benzene rings is 6.